The highest BCUT2D eigenvalue weighted by molar-refractivity contribution is 5.54. The number of nitrogen functional groups attached to an aromatic ring is 1. The summed E-state index contributed by atoms with van der Waals surface area (Å²) in [6, 6.07) is 14.2. The van der Waals surface area contributed by atoms with Gasteiger partial charge < -0.3 is 15.8 Å². The van der Waals surface area contributed by atoms with Crippen molar-refractivity contribution in [1.82, 2.24) is 4.98 Å². The second-order valence-corrected chi connectivity index (χ2v) is 5.79. The Kier molecular flexibility index (Phi) is 4.68. The number of benzene rings is 1. The number of aryl methyl sites for hydroxylation is 1. The normalized spacial score (nSPS) is 11.2. The van der Waals surface area contributed by atoms with E-state index >= 15 is 0 Å². The van der Waals surface area contributed by atoms with E-state index in [1.165, 1.54) is 5.56 Å². The van der Waals surface area contributed by atoms with Crippen molar-refractivity contribution in [3.63, 3.8) is 0 Å². The van der Waals surface area contributed by atoms with Gasteiger partial charge in [0.15, 0.2) is 0 Å². The number of methoxy groups -OCH3 is 1. The van der Waals surface area contributed by atoms with Crippen molar-refractivity contribution < 1.29 is 4.74 Å². The van der Waals surface area contributed by atoms with Gasteiger partial charge in [0, 0.05) is 5.54 Å². The molecule has 3 N–H and O–H groups in total. The molecule has 112 valence electrons. The maximum atomic E-state index is 5.78. The van der Waals surface area contributed by atoms with E-state index in [-0.39, 0.29) is 5.54 Å². The van der Waals surface area contributed by atoms with Gasteiger partial charge in [-0.05, 0) is 44.4 Å². The maximum Gasteiger partial charge on any atom is 0.238 e. The topological polar surface area (TPSA) is 60.2 Å². The summed E-state index contributed by atoms with van der Waals surface area (Å²) in [5, 5.41) is 3.44. The predicted octanol–water partition coefficient (Wildman–Crippen LogP) is 3.50. The largest absolute Gasteiger partial charge is 0.479 e. The Hall–Kier alpha value is -2.23. The smallest absolute Gasteiger partial charge is 0.238 e. The third-order valence-corrected chi connectivity index (χ3v) is 3.43. The zero-order valence-electron chi connectivity index (χ0n) is 12.9. The number of nitrogens with zero attached hydrogens (tertiary/aromatic N) is 1. The van der Waals surface area contributed by atoms with Gasteiger partial charge in [0.2, 0.25) is 5.88 Å². The Morgan fingerprint density at radius 1 is 1.14 bits per heavy atom. The number of pyridine rings is 1. The highest BCUT2D eigenvalue weighted by atomic mass is 16.5. The van der Waals surface area contributed by atoms with Crippen LogP contribution in [0, 0.1) is 0 Å². The van der Waals surface area contributed by atoms with Crippen LogP contribution in [-0.4, -0.2) is 17.6 Å². The van der Waals surface area contributed by atoms with E-state index in [1.54, 1.807) is 13.2 Å². The molecule has 0 radical (unpaired) electrons. The van der Waals surface area contributed by atoms with E-state index in [2.05, 4.69) is 48.4 Å². The first-order valence-electron chi connectivity index (χ1n) is 7.13. The van der Waals surface area contributed by atoms with Gasteiger partial charge in [-0.25, -0.2) is 0 Å². The van der Waals surface area contributed by atoms with Gasteiger partial charge in [-0.1, -0.05) is 30.3 Å². The first-order chi connectivity index (χ1) is 10.00. The number of hydrogen-bond acceptors (Lipinski definition) is 4. The van der Waals surface area contributed by atoms with E-state index in [4.69, 9.17) is 10.5 Å². The highest BCUT2D eigenvalue weighted by Gasteiger charge is 2.18. The molecule has 2 aromatic rings. The Balaban J connectivity index is 2.00. The molecule has 21 heavy (non-hydrogen) atoms. The van der Waals surface area contributed by atoms with Gasteiger partial charge in [0.05, 0.1) is 12.8 Å². The van der Waals surface area contributed by atoms with Crippen LogP contribution in [0.2, 0.25) is 0 Å². The number of anilines is 2. The molecule has 0 bridgehead atoms. The Bertz CT molecular complexity index is 582. The van der Waals surface area contributed by atoms with Crippen molar-refractivity contribution >= 4 is 11.5 Å². The van der Waals surface area contributed by atoms with Crippen LogP contribution >= 0.6 is 0 Å². The molecule has 0 fully saturated rings. The van der Waals surface area contributed by atoms with Gasteiger partial charge in [-0.15, -0.1) is 0 Å². The minimum absolute atomic E-state index is 0.0655. The first kappa shape index (κ1) is 15.2. The molecule has 0 aliphatic heterocycles. The number of nitrogens with two attached hydrogens (primary N) is 1. The van der Waals surface area contributed by atoms with Crippen molar-refractivity contribution in [2.75, 3.05) is 18.2 Å². The number of hydrogen-bond donors (Lipinski definition) is 2. The summed E-state index contributed by atoms with van der Waals surface area (Å²) < 4.78 is 5.15. The van der Waals surface area contributed by atoms with Crippen LogP contribution in [0.25, 0.3) is 0 Å². The number of rotatable bonds is 6. The quantitative estimate of drug-likeness (QED) is 0.853. The van der Waals surface area contributed by atoms with Gasteiger partial charge in [0.1, 0.15) is 5.82 Å². The van der Waals surface area contributed by atoms with Gasteiger partial charge in [-0.2, -0.15) is 4.98 Å². The molecule has 2 rings (SSSR count). The maximum absolute atomic E-state index is 5.78. The van der Waals surface area contributed by atoms with Crippen LogP contribution in [0.5, 0.6) is 5.88 Å². The van der Waals surface area contributed by atoms with Crippen molar-refractivity contribution in [2.45, 2.75) is 32.2 Å². The average Bonchev–Trinajstić information content (AvgIpc) is 2.48. The lowest BCUT2D eigenvalue weighted by Crippen LogP contribution is -2.31. The fourth-order valence-corrected chi connectivity index (χ4v) is 2.20. The molecule has 0 amide bonds. The fraction of sp³-hybridized carbons (Fsp3) is 0.353. The summed E-state index contributed by atoms with van der Waals surface area (Å²) in [5.41, 5.74) is 7.61. The molecule has 0 saturated heterocycles. The van der Waals surface area contributed by atoms with E-state index in [0.717, 1.165) is 18.7 Å². The molecule has 4 heteroatoms. The molecular formula is C17H23N3O. The summed E-state index contributed by atoms with van der Waals surface area (Å²) >= 11 is 0. The molecule has 1 aromatic heterocycles. The Morgan fingerprint density at radius 3 is 2.52 bits per heavy atom. The highest BCUT2D eigenvalue weighted by Crippen LogP contribution is 2.24. The summed E-state index contributed by atoms with van der Waals surface area (Å²) in [6.07, 6.45) is 2.03. The van der Waals surface area contributed by atoms with Crippen LogP contribution in [0.15, 0.2) is 42.5 Å². The molecule has 0 aliphatic carbocycles. The standard InChI is InChI=1S/C17H23N3O/c1-17(2,12-11-13-7-5-4-6-8-13)20-15-10-9-14(18)16(19-15)21-3/h4-10H,11-12,18H2,1-3H3,(H,19,20). The summed E-state index contributed by atoms with van der Waals surface area (Å²) in [4.78, 5) is 4.37. The van der Waals surface area contributed by atoms with Crippen LogP contribution in [0.1, 0.15) is 25.8 Å². The monoisotopic (exact) mass is 285 g/mol. The Labute approximate surface area is 126 Å². The molecule has 0 unspecified atom stereocenters. The van der Waals surface area contributed by atoms with Crippen molar-refractivity contribution in [3.8, 4) is 5.88 Å². The second-order valence-electron chi connectivity index (χ2n) is 5.79. The third kappa shape index (κ3) is 4.38. The van der Waals surface area contributed by atoms with Gasteiger partial charge in [0.25, 0.3) is 0 Å². The van der Waals surface area contributed by atoms with E-state index in [0.29, 0.717) is 11.6 Å². The average molecular weight is 285 g/mol. The molecule has 0 atom stereocenters. The zero-order valence-corrected chi connectivity index (χ0v) is 12.9. The van der Waals surface area contributed by atoms with Crippen molar-refractivity contribution in [2.24, 2.45) is 0 Å². The lowest BCUT2D eigenvalue weighted by Gasteiger charge is -2.27. The molecule has 0 spiro atoms. The zero-order chi connectivity index (χ0) is 15.3. The van der Waals surface area contributed by atoms with E-state index in [9.17, 15) is 0 Å². The van der Waals surface area contributed by atoms with Crippen LogP contribution in [0.3, 0.4) is 0 Å². The van der Waals surface area contributed by atoms with E-state index < -0.39 is 0 Å². The number of nitrogens with one attached hydrogen (secondary N) is 1. The van der Waals surface area contributed by atoms with Crippen LogP contribution in [0.4, 0.5) is 11.5 Å². The third-order valence-electron chi connectivity index (χ3n) is 3.43. The molecule has 0 aliphatic rings. The second kappa shape index (κ2) is 6.48. The molecule has 1 aromatic carbocycles. The minimum atomic E-state index is -0.0655. The summed E-state index contributed by atoms with van der Waals surface area (Å²) in [6.45, 7) is 4.33. The molecule has 1 heterocycles. The van der Waals surface area contributed by atoms with Crippen molar-refractivity contribution in [3.05, 3.63) is 48.0 Å². The lowest BCUT2D eigenvalue weighted by molar-refractivity contribution is 0.400. The van der Waals surface area contributed by atoms with Gasteiger partial charge in [-0.3, -0.25) is 0 Å². The first-order valence-corrected chi connectivity index (χ1v) is 7.13. The van der Waals surface area contributed by atoms with Gasteiger partial charge >= 0.3 is 0 Å². The SMILES string of the molecule is COc1nc(NC(C)(C)CCc2ccccc2)ccc1N. The number of aromatic nitrogens is 1. The molecule has 4 nitrogen and oxygen atoms in total. The number of ether oxygens (including phenoxy) is 1. The minimum Gasteiger partial charge on any atom is -0.479 e. The fourth-order valence-electron chi connectivity index (χ4n) is 2.20. The molecular weight excluding hydrogens is 262 g/mol. The van der Waals surface area contributed by atoms with Crippen molar-refractivity contribution in [1.29, 1.82) is 0 Å². The predicted molar refractivity (Wildman–Crippen MR) is 87.7 cm³/mol. The summed E-state index contributed by atoms with van der Waals surface area (Å²) in [7, 11) is 1.57. The van der Waals surface area contributed by atoms with E-state index in [1.807, 2.05) is 12.1 Å². The summed E-state index contributed by atoms with van der Waals surface area (Å²) in [5.74, 6) is 1.23. The van der Waals surface area contributed by atoms with Crippen LogP contribution in [-0.2, 0) is 6.42 Å². The Morgan fingerprint density at radius 2 is 1.86 bits per heavy atom. The van der Waals surface area contributed by atoms with Crippen LogP contribution < -0.4 is 15.8 Å². The molecule has 0 saturated carbocycles. The lowest BCUT2D eigenvalue weighted by atomic mass is 9.95.